The van der Waals surface area contributed by atoms with Crippen molar-refractivity contribution in [3.8, 4) is 44.5 Å². The van der Waals surface area contributed by atoms with Crippen molar-refractivity contribution in [2.45, 2.75) is 327 Å². The second-order valence-electron chi connectivity index (χ2n) is 39.4. The number of benzene rings is 8. The first-order chi connectivity index (χ1) is 60.1. The van der Waals surface area contributed by atoms with Crippen molar-refractivity contribution in [3.63, 3.8) is 0 Å². The summed E-state index contributed by atoms with van der Waals surface area (Å²) in [4.78, 5) is 0. The van der Waals surface area contributed by atoms with Gasteiger partial charge in [-0.1, -0.05) is 235 Å². The van der Waals surface area contributed by atoms with Crippen LogP contribution in [0.25, 0.3) is 44.5 Å². The highest BCUT2D eigenvalue weighted by Gasteiger charge is 2.37. The highest BCUT2D eigenvalue weighted by atomic mass is 19.2. The van der Waals surface area contributed by atoms with Crippen molar-refractivity contribution in [3.05, 3.63) is 237 Å². The van der Waals surface area contributed by atoms with E-state index in [1.807, 2.05) is 42.5 Å². The third-order valence-electron chi connectivity index (χ3n) is 31.8. The smallest absolute Gasteiger partial charge is 0.194 e. The van der Waals surface area contributed by atoms with Gasteiger partial charge in [-0.05, 0) is 365 Å². The molecule has 8 aromatic carbocycles. The van der Waals surface area contributed by atoms with Crippen molar-refractivity contribution in [2.75, 3.05) is 0 Å². The Balaban J connectivity index is 0.000000142. The van der Waals surface area contributed by atoms with Crippen LogP contribution in [-0.2, 0) is 0 Å². The summed E-state index contributed by atoms with van der Waals surface area (Å²) in [5.41, 5.74) is 8.29. The third-order valence-corrected chi connectivity index (χ3v) is 31.8. The monoisotopic (exact) mass is 1720 g/mol. The van der Waals surface area contributed by atoms with Crippen molar-refractivity contribution >= 4 is 0 Å². The normalized spacial score (nSPS) is 26.7. The number of hydrogen-bond acceptors (Lipinski definition) is 0. The Hall–Kier alpha value is -7.15. The minimum absolute atomic E-state index is 0.0165. The average Bonchev–Trinajstić information content (AvgIpc) is 0.813. The maximum atomic E-state index is 14.8. The molecule has 0 atom stereocenters. The van der Waals surface area contributed by atoms with E-state index in [4.69, 9.17) is 0 Å². The fourth-order valence-electron chi connectivity index (χ4n) is 24.2. The minimum Gasteiger partial charge on any atom is -0.206 e. The van der Waals surface area contributed by atoms with Crippen LogP contribution in [0.15, 0.2) is 140 Å². The largest absolute Gasteiger partial charge is 0.206 e. The molecule has 16 rings (SSSR count). The van der Waals surface area contributed by atoms with Gasteiger partial charge in [-0.25, -0.2) is 57.1 Å². The van der Waals surface area contributed by atoms with Gasteiger partial charge in [0, 0.05) is 5.56 Å². The van der Waals surface area contributed by atoms with Crippen LogP contribution >= 0.6 is 0 Å². The Morgan fingerprint density at radius 2 is 0.403 bits per heavy atom. The van der Waals surface area contributed by atoms with Crippen LogP contribution in [0.5, 0.6) is 0 Å². The Morgan fingerprint density at radius 3 is 0.645 bits per heavy atom. The fraction of sp³-hybridized carbons (Fsp3) is 0.568. The molecule has 0 aromatic heterocycles. The van der Waals surface area contributed by atoms with Gasteiger partial charge >= 0.3 is 0 Å². The molecule has 0 bridgehead atoms. The van der Waals surface area contributed by atoms with Gasteiger partial charge in [0.2, 0.25) is 0 Å². The van der Waals surface area contributed by atoms with Crippen LogP contribution < -0.4 is 0 Å². The molecule has 0 amide bonds. The van der Waals surface area contributed by atoms with Gasteiger partial charge in [0.15, 0.2) is 69.8 Å². The molecule has 8 aliphatic rings. The molecule has 0 heterocycles. The van der Waals surface area contributed by atoms with Crippen LogP contribution in [0.4, 0.5) is 57.1 Å². The molecule has 8 aromatic rings. The maximum absolute atomic E-state index is 14.8. The quantitative estimate of drug-likeness (QED) is 0.0340. The molecule has 13 heteroatoms. The molecule has 672 valence electrons. The molecular formula is C111H137F13. The number of halogens is 13. The van der Waals surface area contributed by atoms with Crippen molar-refractivity contribution in [1.82, 2.24) is 0 Å². The summed E-state index contributed by atoms with van der Waals surface area (Å²) in [6.45, 7) is 9.16. The van der Waals surface area contributed by atoms with Crippen molar-refractivity contribution in [1.29, 1.82) is 0 Å². The summed E-state index contributed by atoms with van der Waals surface area (Å²) in [5.74, 6) is -2.66. The number of rotatable bonds is 23. The summed E-state index contributed by atoms with van der Waals surface area (Å²) in [5, 5.41) is 0. The van der Waals surface area contributed by atoms with Crippen molar-refractivity contribution < 1.29 is 57.1 Å². The molecule has 8 saturated carbocycles. The lowest BCUT2D eigenvalue weighted by molar-refractivity contribution is 0.155. The molecule has 0 unspecified atom stereocenters. The van der Waals surface area contributed by atoms with Crippen LogP contribution in [0.2, 0.25) is 0 Å². The molecule has 124 heavy (non-hydrogen) atoms. The summed E-state index contributed by atoms with van der Waals surface area (Å²) in [6.07, 6.45) is 57.8. The molecule has 0 spiro atoms. The Kier molecular flexibility index (Phi) is 35.2. The topological polar surface area (TPSA) is 0 Å². The van der Waals surface area contributed by atoms with E-state index in [1.165, 1.54) is 286 Å². The third kappa shape index (κ3) is 25.2. The standard InChI is InChI=1S/C29H37F3.C28H35F3.C27H32F4.C27H33F3/c1-2-3-4-5-20-6-8-21(9-7-20)22-10-12-23(13-11-22)24-14-16-25(17-15-24)26-18-27(30)29(32)28(31)19-26;1-2-3-4-19-5-7-20(8-6-19)21-9-11-22(12-10-21)23-13-15-24(16-14-23)25-17-26(29)28(31)27(30)18-25;1-2-3-17-4-6-18(7-5-17)19-8-10-20(11-9-19)21-12-13-23(24(28)14-21)22-15-25(29)27(31)26(30)16-22;1-2-3-18-4-6-19(7-5-18)20-8-10-21(11-9-20)22-12-14-23(15-13-22)24-16-25(28)27(30)26(29)17-24/h14-23H,2-13H2,1H3;13-22H,2-12H2,1H3;12-20H,2-11H2,1H3;12-21H,2-11H2,1H3. The molecule has 8 fully saturated rings. The van der Waals surface area contributed by atoms with E-state index in [0.717, 1.165) is 149 Å². The van der Waals surface area contributed by atoms with Crippen LogP contribution in [0.1, 0.15) is 350 Å². The average molecular weight is 1720 g/mol. The fourth-order valence-corrected chi connectivity index (χ4v) is 24.2. The lowest BCUT2D eigenvalue weighted by Gasteiger charge is -2.38. The second-order valence-corrected chi connectivity index (χ2v) is 39.4. The molecule has 8 aliphatic carbocycles. The van der Waals surface area contributed by atoms with E-state index < -0.39 is 75.6 Å². The van der Waals surface area contributed by atoms with Gasteiger partial charge < -0.3 is 0 Å². The summed E-state index contributed by atoms with van der Waals surface area (Å²) in [7, 11) is 0. The predicted octanol–water partition coefficient (Wildman–Crippen LogP) is 35.9. The van der Waals surface area contributed by atoms with Crippen LogP contribution in [-0.4, -0.2) is 0 Å². The zero-order valence-corrected chi connectivity index (χ0v) is 74.3. The number of unbranched alkanes of at least 4 members (excludes halogenated alkanes) is 3. The van der Waals surface area contributed by atoms with E-state index >= 15 is 0 Å². The first-order valence-corrected chi connectivity index (χ1v) is 48.8. The van der Waals surface area contributed by atoms with E-state index in [9.17, 15) is 57.1 Å². The van der Waals surface area contributed by atoms with Crippen LogP contribution in [0.3, 0.4) is 0 Å². The van der Waals surface area contributed by atoms with E-state index in [2.05, 4.69) is 64.1 Å². The second kappa shape index (κ2) is 46.2. The SMILES string of the molecule is CCCC1CCC(C2CCC(c3ccc(-c4cc(F)c(F)c(F)c4)c(F)c3)CC2)CC1.CCCC1CCC(C2CCC(c3ccc(-c4cc(F)c(F)c(F)c4)cc3)CC2)CC1.CCCCC1CCC(C2CCC(c3ccc(-c4cc(F)c(F)c(F)c4)cc3)CC2)CC1.CCCCCC1CCC(C2CCC(c3ccc(-c4cc(F)c(F)c(F)c4)cc3)CC2)CC1. The molecular weight excluding hydrogens is 1580 g/mol. The van der Waals surface area contributed by atoms with E-state index in [1.54, 1.807) is 6.07 Å². The highest BCUT2D eigenvalue weighted by Crippen LogP contribution is 2.51. The van der Waals surface area contributed by atoms with Gasteiger partial charge in [0.1, 0.15) is 5.82 Å². The van der Waals surface area contributed by atoms with Gasteiger partial charge in [-0.3, -0.25) is 0 Å². The molecule has 0 nitrogen and oxygen atoms in total. The van der Waals surface area contributed by atoms with Crippen molar-refractivity contribution in [2.24, 2.45) is 71.0 Å². The van der Waals surface area contributed by atoms with Gasteiger partial charge in [-0.15, -0.1) is 0 Å². The predicted molar refractivity (Wildman–Crippen MR) is 481 cm³/mol. The lowest BCUT2D eigenvalue weighted by Crippen LogP contribution is -2.25. The van der Waals surface area contributed by atoms with E-state index in [0.29, 0.717) is 45.9 Å². The zero-order valence-electron chi connectivity index (χ0n) is 74.3. The Labute approximate surface area is 733 Å². The lowest BCUT2D eigenvalue weighted by atomic mass is 9.68. The van der Waals surface area contributed by atoms with Crippen LogP contribution in [0, 0.1) is 147 Å². The Bertz CT molecular complexity index is 4490. The molecule has 0 N–H and O–H groups in total. The first-order valence-electron chi connectivity index (χ1n) is 48.8. The van der Waals surface area contributed by atoms with E-state index in [-0.39, 0.29) is 11.1 Å². The minimum atomic E-state index is -1.53. The van der Waals surface area contributed by atoms with Gasteiger partial charge in [-0.2, -0.15) is 0 Å². The maximum Gasteiger partial charge on any atom is 0.194 e. The summed E-state index contributed by atoms with van der Waals surface area (Å²) in [6, 6.07) is 36.9. The highest BCUT2D eigenvalue weighted by molar-refractivity contribution is 5.67. The molecule has 0 saturated heterocycles. The Morgan fingerprint density at radius 1 is 0.185 bits per heavy atom. The molecule has 0 aliphatic heterocycles. The first kappa shape index (κ1) is 94.5. The molecule has 0 radical (unpaired) electrons. The summed E-state index contributed by atoms with van der Waals surface area (Å²) >= 11 is 0. The number of hydrogen-bond donors (Lipinski definition) is 0. The van der Waals surface area contributed by atoms with Gasteiger partial charge in [0.25, 0.3) is 0 Å². The zero-order chi connectivity index (χ0) is 87.3. The van der Waals surface area contributed by atoms with Gasteiger partial charge in [0.05, 0.1) is 0 Å². The summed E-state index contributed by atoms with van der Waals surface area (Å²) < 4.78 is 176.